The average molecular weight is 312 g/mol. The number of aliphatic hydroxyl groups is 1. The number of aromatic amines is 1. The van der Waals surface area contributed by atoms with Crippen molar-refractivity contribution < 1.29 is 9.50 Å². The molecule has 0 spiro atoms. The van der Waals surface area contributed by atoms with E-state index in [1.165, 1.54) is 6.07 Å². The SMILES string of the molecule is Cc1[nH]c(C(O)c2cccc(F)c2Br)c(C)c1C. The van der Waals surface area contributed by atoms with Crippen LogP contribution in [0.15, 0.2) is 22.7 Å². The Morgan fingerprint density at radius 3 is 2.44 bits per heavy atom. The smallest absolute Gasteiger partial charge is 0.137 e. The van der Waals surface area contributed by atoms with Gasteiger partial charge in [-0.3, -0.25) is 0 Å². The minimum atomic E-state index is -0.859. The summed E-state index contributed by atoms with van der Waals surface area (Å²) in [4.78, 5) is 3.16. The molecule has 1 heterocycles. The Morgan fingerprint density at radius 1 is 1.22 bits per heavy atom. The molecule has 0 fully saturated rings. The van der Waals surface area contributed by atoms with Crippen molar-refractivity contribution in [3.8, 4) is 0 Å². The van der Waals surface area contributed by atoms with Gasteiger partial charge in [0.1, 0.15) is 11.9 Å². The van der Waals surface area contributed by atoms with Crippen molar-refractivity contribution in [2.24, 2.45) is 0 Å². The highest BCUT2D eigenvalue weighted by molar-refractivity contribution is 9.10. The van der Waals surface area contributed by atoms with Crippen LogP contribution in [0.2, 0.25) is 0 Å². The van der Waals surface area contributed by atoms with Crippen LogP contribution in [-0.4, -0.2) is 10.1 Å². The fourth-order valence-corrected chi connectivity index (χ4v) is 2.51. The Labute approximate surface area is 114 Å². The summed E-state index contributed by atoms with van der Waals surface area (Å²) in [6.45, 7) is 5.90. The lowest BCUT2D eigenvalue weighted by Crippen LogP contribution is -2.04. The first-order valence-corrected chi connectivity index (χ1v) is 6.50. The number of H-pyrrole nitrogens is 1. The van der Waals surface area contributed by atoms with Gasteiger partial charge >= 0.3 is 0 Å². The number of aromatic nitrogens is 1. The van der Waals surface area contributed by atoms with Gasteiger partial charge in [-0.05, 0) is 53.9 Å². The topological polar surface area (TPSA) is 36.0 Å². The van der Waals surface area contributed by atoms with Gasteiger partial charge in [-0.25, -0.2) is 4.39 Å². The summed E-state index contributed by atoms with van der Waals surface area (Å²) < 4.78 is 13.8. The van der Waals surface area contributed by atoms with Crippen LogP contribution in [-0.2, 0) is 0 Å². The van der Waals surface area contributed by atoms with E-state index in [4.69, 9.17) is 0 Å². The lowest BCUT2D eigenvalue weighted by molar-refractivity contribution is 0.213. The molecule has 0 aliphatic carbocycles. The number of hydrogen-bond donors (Lipinski definition) is 2. The maximum absolute atomic E-state index is 13.5. The summed E-state index contributed by atoms with van der Waals surface area (Å²) in [5.41, 5.74) is 4.40. The van der Waals surface area contributed by atoms with E-state index in [1.54, 1.807) is 12.1 Å². The van der Waals surface area contributed by atoms with Gasteiger partial charge in [0.15, 0.2) is 0 Å². The molecule has 2 N–H and O–H groups in total. The summed E-state index contributed by atoms with van der Waals surface area (Å²) in [5, 5.41) is 10.4. The number of hydrogen-bond acceptors (Lipinski definition) is 1. The lowest BCUT2D eigenvalue weighted by atomic mass is 10.0. The van der Waals surface area contributed by atoms with Gasteiger partial charge in [-0.1, -0.05) is 12.1 Å². The summed E-state index contributed by atoms with van der Waals surface area (Å²) in [5.74, 6) is -0.371. The van der Waals surface area contributed by atoms with E-state index in [9.17, 15) is 9.50 Å². The van der Waals surface area contributed by atoms with Crippen LogP contribution in [0.4, 0.5) is 4.39 Å². The second-order valence-corrected chi connectivity index (χ2v) is 5.25. The first-order chi connectivity index (χ1) is 8.43. The number of benzene rings is 1. The zero-order chi connectivity index (χ0) is 13.4. The minimum Gasteiger partial charge on any atom is -0.382 e. The predicted molar refractivity (Wildman–Crippen MR) is 73.2 cm³/mol. The van der Waals surface area contributed by atoms with E-state index in [0.717, 1.165) is 22.5 Å². The molecule has 2 aromatic rings. The molecule has 0 bridgehead atoms. The molecule has 0 saturated carbocycles. The molecule has 4 heteroatoms. The molecule has 1 aromatic carbocycles. The van der Waals surface area contributed by atoms with Gasteiger partial charge in [0.2, 0.25) is 0 Å². The Balaban J connectivity index is 2.51. The summed E-state index contributed by atoms with van der Waals surface area (Å²) in [6, 6.07) is 4.66. The molecule has 0 saturated heterocycles. The highest BCUT2D eigenvalue weighted by Gasteiger charge is 2.20. The van der Waals surface area contributed by atoms with E-state index in [1.807, 2.05) is 20.8 Å². The van der Waals surface area contributed by atoms with Crippen LogP contribution < -0.4 is 0 Å². The van der Waals surface area contributed by atoms with Gasteiger partial charge in [-0.2, -0.15) is 0 Å². The van der Waals surface area contributed by atoms with E-state index in [-0.39, 0.29) is 5.82 Å². The molecular weight excluding hydrogens is 297 g/mol. The van der Waals surface area contributed by atoms with Gasteiger partial charge in [-0.15, -0.1) is 0 Å². The minimum absolute atomic E-state index is 0.307. The van der Waals surface area contributed by atoms with Crippen molar-refractivity contribution in [3.05, 3.63) is 56.6 Å². The third-order valence-corrected chi connectivity index (χ3v) is 4.24. The van der Waals surface area contributed by atoms with Gasteiger partial charge < -0.3 is 10.1 Å². The van der Waals surface area contributed by atoms with Crippen molar-refractivity contribution in [2.45, 2.75) is 26.9 Å². The van der Waals surface area contributed by atoms with Crippen molar-refractivity contribution in [1.82, 2.24) is 4.98 Å². The van der Waals surface area contributed by atoms with Gasteiger partial charge in [0.25, 0.3) is 0 Å². The molecule has 1 unspecified atom stereocenters. The quantitative estimate of drug-likeness (QED) is 0.866. The van der Waals surface area contributed by atoms with Crippen molar-refractivity contribution in [2.75, 3.05) is 0 Å². The fourth-order valence-electron chi connectivity index (χ4n) is 2.03. The molecular formula is C14H15BrFNO. The number of nitrogens with one attached hydrogen (secondary N) is 1. The van der Waals surface area contributed by atoms with Crippen LogP contribution in [0.5, 0.6) is 0 Å². The molecule has 2 nitrogen and oxygen atoms in total. The van der Waals surface area contributed by atoms with E-state index in [0.29, 0.717) is 10.0 Å². The molecule has 0 radical (unpaired) electrons. The average Bonchev–Trinajstić information content (AvgIpc) is 2.60. The normalized spacial score (nSPS) is 12.8. The number of rotatable bonds is 2. The van der Waals surface area contributed by atoms with E-state index < -0.39 is 6.10 Å². The third-order valence-electron chi connectivity index (χ3n) is 3.40. The maximum Gasteiger partial charge on any atom is 0.137 e. The van der Waals surface area contributed by atoms with Gasteiger partial charge in [0, 0.05) is 11.3 Å². The molecule has 96 valence electrons. The zero-order valence-electron chi connectivity index (χ0n) is 10.5. The predicted octanol–water partition coefficient (Wildman–Crippen LogP) is 3.92. The summed E-state index contributed by atoms with van der Waals surface area (Å²) in [6.07, 6.45) is -0.859. The zero-order valence-corrected chi connectivity index (χ0v) is 12.1. The fraction of sp³-hybridized carbons (Fsp3) is 0.286. The molecule has 0 aliphatic rings. The van der Waals surface area contributed by atoms with Crippen molar-refractivity contribution >= 4 is 15.9 Å². The molecule has 2 rings (SSSR count). The molecule has 1 atom stereocenters. The second-order valence-electron chi connectivity index (χ2n) is 4.46. The van der Waals surface area contributed by atoms with Gasteiger partial charge in [0.05, 0.1) is 10.2 Å². The Bertz CT molecular complexity index is 592. The number of aliphatic hydroxyl groups excluding tert-OH is 1. The van der Waals surface area contributed by atoms with E-state index >= 15 is 0 Å². The molecule has 1 aromatic heterocycles. The number of halogens is 2. The molecule has 0 aliphatic heterocycles. The van der Waals surface area contributed by atoms with Crippen molar-refractivity contribution in [3.63, 3.8) is 0 Å². The Morgan fingerprint density at radius 2 is 1.89 bits per heavy atom. The first kappa shape index (κ1) is 13.3. The van der Waals surface area contributed by atoms with Crippen LogP contribution in [0, 0.1) is 26.6 Å². The second kappa shape index (κ2) is 4.86. The highest BCUT2D eigenvalue weighted by Crippen LogP contribution is 2.32. The van der Waals surface area contributed by atoms with E-state index in [2.05, 4.69) is 20.9 Å². The van der Waals surface area contributed by atoms with Crippen LogP contribution in [0.1, 0.15) is 34.2 Å². The maximum atomic E-state index is 13.5. The highest BCUT2D eigenvalue weighted by atomic mass is 79.9. The van der Waals surface area contributed by atoms with Crippen LogP contribution in [0.3, 0.4) is 0 Å². The standard InChI is InChI=1S/C14H15BrFNO/c1-7-8(2)13(17-9(7)3)14(18)10-5-4-6-11(16)12(10)15/h4-6,14,17-18H,1-3H3. The first-order valence-electron chi connectivity index (χ1n) is 5.71. The van der Waals surface area contributed by atoms with Crippen LogP contribution >= 0.6 is 15.9 Å². The van der Waals surface area contributed by atoms with Crippen molar-refractivity contribution in [1.29, 1.82) is 0 Å². The summed E-state index contributed by atoms with van der Waals surface area (Å²) >= 11 is 3.18. The molecule has 18 heavy (non-hydrogen) atoms. The summed E-state index contributed by atoms with van der Waals surface area (Å²) in [7, 11) is 0. The monoisotopic (exact) mass is 311 g/mol. The van der Waals surface area contributed by atoms with Crippen LogP contribution in [0.25, 0.3) is 0 Å². The number of aryl methyl sites for hydroxylation is 1. The Hall–Kier alpha value is -1.13. The largest absolute Gasteiger partial charge is 0.382 e. The lowest BCUT2D eigenvalue weighted by Gasteiger charge is -2.13. The third kappa shape index (κ3) is 2.10. The molecule has 0 amide bonds. The Kier molecular flexibility index (Phi) is 3.59.